The molecule has 0 aliphatic rings. The summed E-state index contributed by atoms with van der Waals surface area (Å²) in [5, 5.41) is 2.79. The van der Waals surface area contributed by atoms with E-state index in [1.165, 1.54) is 7.11 Å². The van der Waals surface area contributed by atoms with Crippen LogP contribution in [0.3, 0.4) is 0 Å². The second kappa shape index (κ2) is 6.83. The predicted molar refractivity (Wildman–Crippen MR) is 90.9 cm³/mol. The van der Waals surface area contributed by atoms with E-state index in [0.29, 0.717) is 22.5 Å². The van der Waals surface area contributed by atoms with Crippen molar-refractivity contribution in [1.29, 1.82) is 0 Å². The highest BCUT2D eigenvalue weighted by Crippen LogP contribution is 2.23. The summed E-state index contributed by atoms with van der Waals surface area (Å²) in [5.74, 6) is -0.694. The number of rotatable bonds is 4. The van der Waals surface area contributed by atoms with Crippen LogP contribution in [0.4, 0.5) is 17.1 Å². The molecule has 0 aromatic heterocycles. The molecule has 23 heavy (non-hydrogen) atoms. The molecule has 0 fully saturated rings. The third kappa shape index (κ3) is 3.79. The number of anilines is 3. The zero-order chi connectivity index (χ0) is 17.0. The summed E-state index contributed by atoms with van der Waals surface area (Å²) >= 11 is 0. The first-order chi connectivity index (χ1) is 10.9. The third-order valence-corrected chi connectivity index (χ3v) is 3.31. The molecule has 3 N–H and O–H groups in total. The molecule has 120 valence electrons. The first-order valence-corrected chi connectivity index (χ1v) is 6.99. The van der Waals surface area contributed by atoms with Crippen LogP contribution in [0.25, 0.3) is 0 Å². The van der Waals surface area contributed by atoms with Crippen LogP contribution in [0.5, 0.6) is 0 Å². The molecule has 2 rings (SSSR count). The van der Waals surface area contributed by atoms with Crippen molar-refractivity contribution in [2.45, 2.75) is 0 Å². The second-order valence-electron chi connectivity index (χ2n) is 5.19. The average Bonchev–Trinajstić information content (AvgIpc) is 2.54. The van der Waals surface area contributed by atoms with E-state index in [0.717, 1.165) is 5.69 Å². The minimum Gasteiger partial charge on any atom is -0.465 e. The summed E-state index contributed by atoms with van der Waals surface area (Å²) in [7, 11) is 5.03. The number of nitrogens with one attached hydrogen (secondary N) is 1. The van der Waals surface area contributed by atoms with Crippen molar-refractivity contribution in [3.63, 3.8) is 0 Å². The quantitative estimate of drug-likeness (QED) is 0.668. The highest BCUT2D eigenvalue weighted by Gasteiger charge is 2.14. The zero-order valence-corrected chi connectivity index (χ0v) is 13.3. The van der Waals surface area contributed by atoms with Crippen LogP contribution >= 0.6 is 0 Å². The number of nitrogen functional groups attached to an aromatic ring is 1. The smallest absolute Gasteiger partial charge is 0.337 e. The molecule has 2 aromatic rings. The summed E-state index contributed by atoms with van der Waals surface area (Å²) in [4.78, 5) is 25.7. The topological polar surface area (TPSA) is 84.7 Å². The molecule has 2 aromatic carbocycles. The van der Waals surface area contributed by atoms with Gasteiger partial charge in [0.2, 0.25) is 0 Å². The van der Waals surface area contributed by atoms with Gasteiger partial charge in [-0.15, -0.1) is 0 Å². The molecule has 0 saturated carbocycles. The minimum atomic E-state index is -0.423. The van der Waals surface area contributed by atoms with E-state index >= 15 is 0 Å². The number of hydrogen-bond acceptors (Lipinski definition) is 5. The highest BCUT2D eigenvalue weighted by molar-refractivity contribution is 6.08. The van der Waals surface area contributed by atoms with Gasteiger partial charge in [0.15, 0.2) is 0 Å². The lowest BCUT2D eigenvalue weighted by Gasteiger charge is -2.17. The Bertz CT molecular complexity index is 724. The van der Waals surface area contributed by atoms with Gasteiger partial charge in [0, 0.05) is 31.2 Å². The van der Waals surface area contributed by atoms with E-state index in [1.54, 1.807) is 42.5 Å². The maximum absolute atomic E-state index is 12.5. The number of methoxy groups -OCH3 is 1. The van der Waals surface area contributed by atoms with E-state index in [4.69, 9.17) is 5.73 Å². The summed E-state index contributed by atoms with van der Waals surface area (Å²) in [6.45, 7) is 0. The molecular weight excluding hydrogens is 294 g/mol. The second-order valence-corrected chi connectivity index (χ2v) is 5.19. The van der Waals surface area contributed by atoms with Crippen LogP contribution in [0.1, 0.15) is 20.7 Å². The van der Waals surface area contributed by atoms with Gasteiger partial charge < -0.3 is 20.7 Å². The first kappa shape index (κ1) is 16.4. The Hall–Kier alpha value is -3.02. The van der Waals surface area contributed by atoms with Crippen molar-refractivity contribution in [1.82, 2.24) is 0 Å². The number of amides is 1. The fraction of sp³-hybridized carbons (Fsp3) is 0.176. The maximum atomic E-state index is 12.5. The number of esters is 1. The first-order valence-electron chi connectivity index (χ1n) is 6.99. The number of carbonyl (C=O) groups excluding carboxylic acids is 2. The molecule has 0 radical (unpaired) electrons. The largest absolute Gasteiger partial charge is 0.465 e. The molecule has 1 amide bonds. The van der Waals surface area contributed by atoms with Gasteiger partial charge >= 0.3 is 5.97 Å². The Balaban J connectivity index is 2.22. The van der Waals surface area contributed by atoms with Gasteiger partial charge in [0.25, 0.3) is 5.91 Å². The molecule has 0 saturated heterocycles. The van der Waals surface area contributed by atoms with Gasteiger partial charge in [0.05, 0.1) is 18.2 Å². The van der Waals surface area contributed by atoms with E-state index in [2.05, 4.69) is 10.1 Å². The summed E-state index contributed by atoms with van der Waals surface area (Å²) in [6.07, 6.45) is 0. The predicted octanol–water partition coefficient (Wildman–Crippen LogP) is 2.37. The minimum absolute atomic E-state index is 0.271. The number of ether oxygens (including phenoxy) is 1. The lowest BCUT2D eigenvalue weighted by molar-refractivity contribution is 0.0600. The van der Waals surface area contributed by atoms with Gasteiger partial charge in [-0.25, -0.2) is 4.79 Å². The normalized spacial score (nSPS) is 10.0. The van der Waals surface area contributed by atoms with Crippen molar-refractivity contribution in [2.24, 2.45) is 0 Å². The van der Waals surface area contributed by atoms with Crippen LogP contribution < -0.4 is 16.0 Å². The van der Waals surface area contributed by atoms with E-state index in [9.17, 15) is 9.59 Å². The fourth-order valence-corrected chi connectivity index (χ4v) is 2.13. The van der Waals surface area contributed by atoms with Gasteiger partial charge in [0.1, 0.15) is 0 Å². The molecule has 6 nitrogen and oxygen atoms in total. The van der Waals surface area contributed by atoms with Gasteiger partial charge in [-0.1, -0.05) is 0 Å². The number of nitrogens with two attached hydrogens (primary N) is 1. The molecule has 0 aliphatic heterocycles. The summed E-state index contributed by atoms with van der Waals surface area (Å²) < 4.78 is 4.64. The van der Waals surface area contributed by atoms with E-state index in [-0.39, 0.29) is 5.91 Å². The molecule has 0 aliphatic carbocycles. The summed E-state index contributed by atoms with van der Waals surface area (Å²) in [6, 6.07) is 11.6. The lowest BCUT2D eigenvalue weighted by Crippen LogP contribution is -2.19. The molecule has 0 bridgehead atoms. The monoisotopic (exact) mass is 313 g/mol. The van der Waals surface area contributed by atoms with Crippen LogP contribution in [0.2, 0.25) is 0 Å². The summed E-state index contributed by atoms with van der Waals surface area (Å²) in [5.41, 5.74) is 8.54. The van der Waals surface area contributed by atoms with Crippen molar-refractivity contribution in [3.8, 4) is 0 Å². The SMILES string of the molecule is COC(=O)c1ccc(NC(=O)c2cc(N)ccc2N(C)C)cc1. The number of benzene rings is 2. The van der Waals surface area contributed by atoms with Gasteiger partial charge in [-0.05, 0) is 42.5 Å². The van der Waals surface area contributed by atoms with Crippen molar-refractivity contribution < 1.29 is 14.3 Å². The zero-order valence-electron chi connectivity index (χ0n) is 13.3. The van der Waals surface area contributed by atoms with Crippen LogP contribution in [-0.4, -0.2) is 33.1 Å². The molecule has 0 unspecified atom stereocenters. The Morgan fingerprint density at radius 1 is 1.09 bits per heavy atom. The number of hydrogen-bond donors (Lipinski definition) is 2. The Morgan fingerprint density at radius 3 is 2.30 bits per heavy atom. The number of carbonyl (C=O) groups is 2. The third-order valence-electron chi connectivity index (χ3n) is 3.31. The standard InChI is InChI=1S/C17H19N3O3/c1-20(2)15-9-6-12(18)10-14(15)16(21)19-13-7-4-11(5-8-13)17(22)23-3/h4-10H,18H2,1-3H3,(H,19,21). The van der Waals surface area contributed by atoms with Crippen LogP contribution in [-0.2, 0) is 4.74 Å². The Labute approximate surface area is 134 Å². The fourth-order valence-electron chi connectivity index (χ4n) is 2.13. The van der Waals surface area contributed by atoms with E-state index in [1.807, 2.05) is 19.0 Å². The Morgan fingerprint density at radius 2 is 1.74 bits per heavy atom. The van der Waals surface area contributed by atoms with Crippen molar-refractivity contribution in [3.05, 3.63) is 53.6 Å². The van der Waals surface area contributed by atoms with Crippen LogP contribution in [0, 0.1) is 0 Å². The highest BCUT2D eigenvalue weighted by atomic mass is 16.5. The maximum Gasteiger partial charge on any atom is 0.337 e. The van der Waals surface area contributed by atoms with Crippen molar-refractivity contribution >= 4 is 28.9 Å². The van der Waals surface area contributed by atoms with E-state index < -0.39 is 5.97 Å². The van der Waals surface area contributed by atoms with Gasteiger partial charge in [-0.3, -0.25) is 4.79 Å². The molecule has 0 spiro atoms. The van der Waals surface area contributed by atoms with Crippen LogP contribution in [0.15, 0.2) is 42.5 Å². The van der Waals surface area contributed by atoms with Crippen molar-refractivity contribution in [2.75, 3.05) is 37.2 Å². The Kier molecular flexibility index (Phi) is 4.85. The number of nitrogens with zero attached hydrogens (tertiary/aromatic N) is 1. The molecule has 0 heterocycles. The molecular formula is C17H19N3O3. The lowest BCUT2D eigenvalue weighted by atomic mass is 10.1. The molecule has 0 atom stereocenters. The average molecular weight is 313 g/mol. The van der Waals surface area contributed by atoms with Gasteiger partial charge in [-0.2, -0.15) is 0 Å². The molecule has 6 heteroatoms.